The van der Waals surface area contributed by atoms with Gasteiger partial charge in [-0.05, 0) is 5.53 Å². The molecule has 0 spiro atoms. The van der Waals surface area contributed by atoms with Crippen molar-refractivity contribution < 1.29 is 37.7 Å². The Bertz CT molecular complexity index is 523. The molecule has 1 heterocycles. The maximum atomic E-state index is 14.1. The Labute approximate surface area is 130 Å². The fourth-order valence-electron chi connectivity index (χ4n) is 2.05. The summed E-state index contributed by atoms with van der Waals surface area (Å²) in [6, 6.07) is -1.55. The van der Waals surface area contributed by atoms with E-state index in [2.05, 4.69) is 10.0 Å². The second-order valence-corrected chi connectivity index (χ2v) is 4.67. The van der Waals surface area contributed by atoms with Crippen molar-refractivity contribution in [2.24, 2.45) is 5.11 Å². The molecule has 0 N–H and O–H groups in total. The highest BCUT2D eigenvalue weighted by Crippen LogP contribution is 2.29. The molecule has 1 aliphatic heterocycles. The maximum Gasteiger partial charge on any atom is 0.303 e. The number of ether oxygens (including phenoxy) is 4. The van der Waals surface area contributed by atoms with E-state index in [-0.39, 0.29) is 0 Å². The average molecular weight is 333 g/mol. The van der Waals surface area contributed by atoms with Gasteiger partial charge >= 0.3 is 17.9 Å². The zero-order valence-electron chi connectivity index (χ0n) is 12.7. The summed E-state index contributed by atoms with van der Waals surface area (Å²) in [5.74, 6) is -2.22. The summed E-state index contributed by atoms with van der Waals surface area (Å²) < 4.78 is 33.7. The SMILES string of the molecule is CC(=O)OC[C@H]1O[C@@H](F)[C@H](N=[N+]=[N-])[C@@H](OC(C)=O)[C@@H]1OC(C)=O. The van der Waals surface area contributed by atoms with E-state index >= 15 is 0 Å². The molecule has 1 aliphatic rings. The fraction of sp³-hybridized carbons (Fsp3) is 0.750. The van der Waals surface area contributed by atoms with Crippen molar-refractivity contribution in [3.63, 3.8) is 0 Å². The smallest absolute Gasteiger partial charge is 0.303 e. The summed E-state index contributed by atoms with van der Waals surface area (Å²) in [6.45, 7) is 2.83. The van der Waals surface area contributed by atoms with Crippen LogP contribution in [0.3, 0.4) is 0 Å². The molecule has 0 radical (unpaired) electrons. The number of hydrogen-bond acceptors (Lipinski definition) is 8. The first kappa shape index (κ1) is 18.7. The molecule has 23 heavy (non-hydrogen) atoms. The van der Waals surface area contributed by atoms with E-state index in [1.165, 1.54) is 0 Å². The second kappa shape index (κ2) is 8.30. The van der Waals surface area contributed by atoms with Gasteiger partial charge in [0.1, 0.15) is 18.8 Å². The van der Waals surface area contributed by atoms with Crippen LogP contribution in [0.5, 0.6) is 0 Å². The molecule has 1 saturated heterocycles. The van der Waals surface area contributed by atoms with Crippen molar-refractivity contribution >= 4 is 17.9 Å². The Balaban J connectivity index is 3.11. The monoisotopic (exact) mass is 333 g/mol. The Hall–Kier alpha value is -2.39. The van der Waals surface area contributed by atoms with Gasteiger partial charge in [0, 0.05) is 25.7 Å². The second-order valence-electron chi connectivity index (χ2n) is 4.67. The lowest BCUT2D eigenvalue weighted by molar-refractivity contribution is -0.241. The van der Waals surface area contributed by atoms with Crippen molar-refractivity contribution in [3.8, 4) is 0 Å². The minimum Gasteiger partial charge on any atom is -0.463 e. The van der Waals surface area contributed by atoms with Crippen LogP contribution < -0.4 is 0 Å². The van der Waals surface area contributed by atoms with E-state index in [9.17, 15) is 18.8 Å². The summed E-state index contributed by atoms with van der Waals surface area (Å²) in [6.07, 6.45) is -6.09. The van der Waals surface area contributed by atoms with Crippen molar-refractivity contribution in [2.75, 3.05) is 6.61 Å². The largest absolute Gasteiger partial charge is 0.463 e. The molecule has 0 aromatic heterocycles. The zero-order chi connectivity index (χ0) is 17.6. The standard InChI is InChI=1S/C12H16FN3O7/c1-5(17)20-4-8-10(21-6(2)18)11(22-7(3)19)9(15-16-14)12(13)23-8/h8-12H,4H2,1-3H3/t8-,9-,10-,11-,12-/m1/s1. The van der Waals surface area contributed by atoms with Crippen LogP contribution in [0.2, 0.25) is 0 Å². The number of halogens is 1. The third-order valence-corrected chi connectivity index (χ3v) is 2.84. The number of carbonyl (C=O) groups excluding carboxylic acids is 3. The molecule has 0 bridgehead atoms. The summed E-state index contributed by atoms with van der Waals surface area (Å²) >= 11 is 0. The van der Waals surface area contributed by atoms with E-state index in [0.717, 1.165) is 20.8 Å². The molecule has 128 valence electrons. The summed E-state index contributed by atoms with van der Waals surface area (Å²) in [5.41, 5.74) is 8.52. The van der Waals surface area contributed by atoms with Crippen molar-refractivity contribution in [2.45, 2.75) is 51.5 Å². The molecule has 11 heteroatoms. The van der Waals surface area contributed by atoms with E-state index < -0.39 is 55.2 Å². The van der Waals surface area contributed by atoms with Crippen molar-refractivity contribution in [1.82, 2.24) is 0 Å². The maximum absolute atomic E-state index is 14.1. The lowest BCUT2D eigenvalue weighted by Crippen LogP contribution is -2.59. The Morgan fingerprint density at radius 2 is 1.70 bits per heavy atom. The minimum atomic E-state index is -2.14. The third-order valence-electron chi connectivity index (χ3n) is 2.84. The summed E-state index contributed by atoms with van der Waals surface area (Å²) in [5, 5.41) is 3.19. The van der Waals surface area contributed by atoms with Gasteiger partial charge < -0.3 is 18.9 Å². The highest BCUT2D eigenvalue weighted by atomic mass is 19.1. The molecule has 0 aliphatic carbocycles. The number of rotatable bonds is 5. The van der Waals surface area contributed by atoms with Crippen LogP contribution >= 0.6 is 0 Å². The number of hydrogen-bond donors (Lipinski definition) is 0. The van der Waals surface area contributed by atoms with Gasteiger partial charge in [0.05, 0.1) is 0 Å². The van der Waals surface area contributed by atoms with Gasteiger partial charge in [-0.25, -0.2) is 4.39 Å². The first-order valence-electron chi connectivity index (χ1n) is 6.57. The molecule has 10 nitrogen and oxygen atoms in total. The van der Waals surface area contributed by atoms with Crippen LogP contribution in [0.25, 0.3) is 10.4 Å². The van der Waals surface area contributed by atoms with Gasteiger partial charge in [0.15, 0.2) is 12.2 Å². The van der Waals surface area contributed by atoms with Crippen LogP contribution in [-0.4, -0.2) is 55.2 Å². The fourth-order valence-corrected chi connectivity index (χ4v) is 2.05. The molecular weight excluding hydrogens is 317 g/mol. The molecule has 0 aromatic rings. The lowest BCUT2D eigenvalue weighted by atomic mass is 9.97. The molecule has 0 aromatic carbocycles. The van der Waals surface area contributed by atoms with Crippen LogP contribution in [0.1, 0.15) is 20.8 Å². The van der Waals surface area contributed by atoms with Gasteiger partial charge in [-0.2, -0.15) is 0 Å². The van der Waals surface area contributed by atoms with Crippen LogP contribution in [0.4, 0.5) is 4.39 Å². The van der Waals surface area contributed by atoms with Crippen molar-refractivity contribution in [3.05, 3.63) is 10.4 Å². The van der Waals surface area contributed by atoms with Crippen LogP contribution in [0.15, 0.2) is 5.11 Å². The Kier molecular flexibility index (Phi) is 6.73. The van der Waals surface area contributed by atoms with E-state index in [4.69, 9.17) is 24.5 Å². The average Bonchev–Trinajstić information content (AvgIpc) is 2.42. The summed E-state index contributed by atoms with van der Waals surface area (Å²) in [7, 11) is 0. The lowest BCUT2D eigenvalue weighted by Gasteiger charge is -2.40. The zero-order valence-corrected chi connectivity index (χ0v) is 12.7. The van der Waals surface area contributed by atoms with E-state index in [1.54, 1.807) is 0 Å². The normalized spacial score (nSPS) is 29.8. The highest BCUT2D eigenvalue weighted by Gasteiger charge is 2.50. The van der Waals surface area contributed by atoms with Gasteiger partial charge in [-0.15, -0.1) is 0 Å². The molecule has 0 amide bonds. The molecule has 5 atom stereocenters. The predicted molar refractivity (Wildman–Crippen MR) is 70.4 cm³/mol. The first-order valence-corrected chi connectivity index (χ1v) is 6.57. The topological polar surface area (TPSA) is 137 Å². The number of azide groups is 1. The molecule has 1 fully saturated rings. The molecule has 0 unspecified atom stereocenters. The van der Waals surface area contributed by atoms with Gasteiger partial charge in [-0.1, -0.05) is 5.11 Å². The Morgan fingerprint density at radius 3 is 2.17 bits per heavy atom. The van der Waals surface area contributed by atoms with E-state index in [0.29, 0.717) is 0 Å². The number of nitrogens with zero attached hydrogens (tertiary/aromatic N) is 3. The predicted octanol–water partition coefficient (Wildman–Crippen LogP) is 0.786. The van der Waals surface area contributed by atoms with Gasteiger partial charge in [0.25, 0.3) is 0 Å². The number of esters is 3. The van der Waals surface area contributed by atoms with Gasteiger partial charge in [-0.3, -0.25) is 14.4 Å². The van der Waals surface area contributed by atoms with Crippen molar-refractivity contribution in [1.29, 1.82) is 0 Å². The highest BCUT2D eigenvalue weighted by molar-refractivity contribution is 5.67. The first-order chi connectivity index (χ1) is 10.8. The van der Waals surface area contributed by atoms with E-state index in [1.807, 2.05) is 0 Å². The minimum absolute atomic E-state index is 0.436. The molecule has 1 rings (SSSR count). The molecule has 0 saturated carbocycles. The number of carbonyl (C=O) groups is 3. The van der Waals surface area contributed by atoms with Crippen LogP contribution in [0, 0.1) is 0 Å². The van der Waals surface area contributed by atoms with Crippen LogP contribution in [-0.2, 0) is 33.3 Å². The quantitative estimate of drug-likeness (QED) is 0.238. The van der Waals surface area contributed by atoms with Gasteiger partial charge in [0.2, 0.25) is 6.36 Å². The Morgan fingerprint density at radius 1 is 1.13 bits per heavy atom. The summed E-state index contributed by atoms with van der Waals surface area (Å²) in [4.78, 5) is 35.8. The number of alkyl halides is 1. The third kappa shape index (κ3) is 5.38. The molecular formula is C12H16FN3O7.